The number of amides is 2. The highest BCUT2D eigenvalue weighted by atomic mass is 32.1. The van der Waals surface area contributed by atoms with Crippen LogP contribution in [0, 0.1) is 11.6 Å². The molecule has 2 amide bonds. The molecule has 0 atom stereocenters. The van der Waals surface area contributed by atoms with Crippen LogP contribution >= 0.6 is 12.2 Å². The molecule has 9 aromatic rings. The monoisotopic (exact) mass is 1220 g/mol. The van der Waals surface area contributed by atoms with Crippen molar-refractivity contribution < 1.29 is 27.8 Å². The van der Waals surface area contributed by atoms with E-state index in [-0.39, 0.29) is 23.3 Å². The largest absolute Gasteiger partial charge is 0.457 e. The summed E-state index contributed by atoms with van der Waals surface area (Å²) >= 11 is 4.46. The number of nitrogens with zero attached hydrogens (tertiary/aromatic N) is 11. The zero-order chi connectivity index (χ0) is 62.8. The molecule has 7 heterocycles. The lowest BCUT2D eigenvalue weighted by molar-refractivity contribution is -0.118. The SMILES string of the molecule is CN(C)C1CCN(CC(=O)Nc2cc(Oc3ccc4c(c3)nc(Nc3cc(-c5ccncc5)ccc3F)n4C)ccn2)CC1.CNc1ccc(Oc2ccnc(NC(=O)CN3CCC(N(C)C)CC3)c2)cc1N.Fc1ccc(-c2ccncc2)cc1N=C=S. The first-order chi connectivity index (χ1) is 43.1. The number of pyridine rings is 4. The van der Waals surface area contributed by atoms with Gasteiger partial charge in [-0.25, -0.2) is 23.7 Å². The summed E-state index contributed by atoms with van der Waals surface area (Å²) in [6, 6.07) is 36.1. The molecule has 20 nitrogen and oxygen atoms in total. The van der Waals surface area contributed by atoms with Crippen LogP contribution in [0.4, 0.5) is 49.1 Å². The third kappa shape index (κ3) is 18.0. The number of rotatable bonds is 18. The molecule has 0 aliphatic carbocycles. The van der Waals surface area contributed by atoms with Crippen LogP contribution in [-0.4, -0.2) is 153 Å². The molecule has 5 aromatic heterocycles. The highest BCUT2D eigenvalue weighted by Crippen LogP contribution is 2.33. The van der Waals surface area contributed by atoms with Gasteiger partial charge in [-0.15, -0.1) is 0 Å². The number of piperidine rings is 2. The molecule has 2 aliphatic rings. The number of fused-ring (bicyclic) bond motifs is 1. The quantitative estimate of drug-likeness (QED) is 0.0306. The molecule has 0 radical (unpaired) electrons. The number of aromatic nitrogens is 6. The van der Waals surface area contributed by atoms with Crippen molar-refractivity contribution in [3.05, 3.63) is 170 Å². The standard InChI is InChI=1S/C33H35FN8O2.C21H30N6O2.C12H7FN2S/c1-40(2)24-11-16-42(17-12-24)21-32(43)39-31-20-26(10-15-36-31)44-25-5-7-30-29(19-25)38-33(41(30)3)37-28-18-23(4-6-27(28)34)22-8-13-35-14-9-22;1-23-19-5-4-16(12-18(19)22)29-17-6-9-24-20(13-17)25-21(28)14-27-10-7-15(8-11-27)26(2)3;13-11-2-1-10(7-12(11)15-8-16)9-3-5-14-6-4-9/h4-10,13-15,18-20,24H,11-12,16-17,21H2,1-3H3,(H,37,38)(H,36,39,43);4-6,9,12-13,15,23H,7-8,10-11,14,22H2,1-3H3,(H,24,25,28);1-7H. The van der Waals surface area contributed by atoms with Crippen molar-refractivity contribution >= 4 is 80.6 Å². The maximum atomic E-state index is 14.8. The van der Waals surface area contributed by atoms with Crippen LogP contribution in [0.5, 0.6) is 23.0 Å². The molecule has 0 bridgehead atoms. The van der Waals surface area contributed by atoms with Gasteiger partial charge in [-0.1, -0.05) is 12.1 Å². The number of aliphatic imine (C=N–C) groups is 1. The molecule has 0 saturated carbocycles. The number of imidazole rings is 1. The number of carbonyl (C=O) groups excluding carboxylic acids is 2. The van der Waals surface area contributed by atoms with Gasteiger partial charge in [0.25, 0.3) is 0 Å². The Morgan fingerprint density at radius 1 is 0.618 bits per heavy atom. The minimum Gasteiger partial charge on any atom is -0.457 e. The zero-order valence-electron chi connectivity index (χ0n) is 50.5. The Labute approximate surface area is 521 Å². The van der Waals surface area contributed by atoms with Crippen molar-refractivity contribution in [2.75, 3.05) is 102 Å². The predicted octanol–water partition coefficient (Wildman–Crippen LogP) is 11.8. The van der Waals surface area contributed by atoms with E-state index >= 15 is 0 Å². The molecular weight excluding hydrogens is 1150 g/mol. The van der Waals surface area contributed by atoms with Crippen LogP contribution in [0.25, 0.3) is 33.3 Å². The van der Waals surface area contributed by atoms with Crippen LogP contribution in [0.3, 0.4) is 0 Å². The van der Waals surface area contributed by atoms with Crippen LogP contribution in [-0.2, 0) is 16.6 Å². The maximum absolute atomic E-state index is 14.8. The number of ether oxygens (including phenoxy) is 2. The lowest BCUT2D eigenvalue weighted by Crippen LogP contribution is -2.44. The lowest BCUT2D eigenvalue weighted by Gasteiger charge is -2.34. The van der Waals surface area contributed by atoms with E-state index in [4.69, 9.17) is 20.2 Å². The number of likely N-dealkylation sites (tertiary alicyclic amines) is 2. The number of carbonyl (C=O) groups is 2. The Morgan fingerprint density at radius 3 is 1.62 bits per heavy atom. The van der Waals surface area contributed by atoms with E-state index < -0.39 is 5.82 Å². The van der Waals surface area contributed by atoms with E-state index in [0.717, 1.165) is 85.3 Å². The van der Waals surface area contributed by atoms with E-state index in [1.807, 2.05) is 73.3 Å². The number of isothiocyanates is 1. The Bertz CT molecular complexity index is 3890. The lowest BCUT2D eigenvalue weighted by atomic mass is 10.0. The fourth-order valence-electron chi connectivity index (χ4n) is 10.3. The third-order valence-corrected chi connectivity index (χ3v) is 15.4. The molecule has 6 N–H and O–H groups in total. The van der Waals surface area contributed by atoms with Crippen LogP contribution in [0.2, 0.25) is 0 Å². The zero-order valence-corrected chi connectivity index (χ0v) is 51.3. The summed E-state index contributed by atoms with van der Waals surface area (Å²) in [6.07, 6.45) is 14.2. The summed E-state index contributed by atoms with van der Waals surface area (Å²) in [7, 11) is 12.1. The number of thiocarbonyl (C=S) groups is 1. The third-order valence-electron chi connectivity index (χ3n) is 15.3. The Balaban J connectivity index is 0.000000178. The van der Waals surface area contributed by atoms with Crippen molar-refractivity contribution in [2.24, 2.45) is 12.0 Å². The van der Waals surface area contributed by atoms with Gasteiger partial charge in [0.15, 0.2) is 0 Å². The number of aryl methyl sites for hydroxylation is 1. The Morgan fingerprint density at radius 2 is 1.11 bits per heavy atom. The van der Waals surface area contributed by atoms with Crippen LogP contribution < -0.4 is 36.5 Å². The first-order valence-electron chi connectivity index (χ1n) is 29.0. The molecule has 2 aliphatic heterocycles. The summed E-state index contributed by atoms with van der Waals surface area (Å²) in [5, 5.41) is 14.1. The average molecular weight is 1220 g/mol. The molecule has 0 spiro atoms. The van der Waals surface area contributed by atoms with Crippen LogP contribution in [0.1, 0.15) is 25.7 Å². The molecular formula is C66H72F2N16O4S. The van der Waals surface area contributed by atoms with Gasteiger partial charge in [-0.2, -0.15) is 4.99 Å². The van der Waals surface area contributed by atoms with Crippen molar-refractivity contribution in [3.63, 3.8) is 0 Å². The van der Waals surface area contributed by atoms with E-state index in [9.17, 15) is 18.4 Å². The summed E-state index contributed by atoms with van der Waals surface area (Å²) < 4.78 is 41.9. The predicted molar refractivity (Wildman–Crippen MR) is 351 cm³/mol. The topological polar surface area (TPSA) is 221 Å². The highest BCUT2D eigenvalue weighted by Gasteiger charge is 2.24. The van der Waals surface area contributed by atoms with Gasteiger partial charge in [-0.05, 0) is 173 Å². The summed E-state index contributed by atoms with van der Waals surface area (Å²) in [6.45, 7) is 4.35. The fourth-order valence-corrected chi connectivity index (χ4v) is 10.4. The number of benzene rings is 4. The molecule has 23 heteroatoms. The first kappa shape index (κ1) is 63.9. The number of hydrogen-bond donors (Lipinski definition) is 5. The van der Waals surface area contributed by atoms with Gasteiger partial charge < -0.3 is 50.8 Å². The van der Waals surface area contributed by atoms with E-state index in [0.29, 0.717) is 82.6 Å². The van der Waals surface area contributed by atoms with Gasteiger partial charge in [0.1, 0.15) is 52.0 Å². The number of nitrogen functional groups attached to an aromatic ring is 1. The second-order valence-electron chi connectivity index (χ2n) is 21.8. The molecule has 0 unspecified atom stereocenters. The first-order valence-corrected chi connectivity index (χ1v) is 29.4. The van der Waals surface area contributed by atoms with Gasteiger partial charge >= 0.3 is 0 Å². The number of nitrogens with one attached hydrogen (secondary N) is 4. The van der Waals surface area contributed by atoms with Crippen molar-refractivity contribution in [1.82, 2.24) is 49.1 Å². The fraction of sp³-hybridized carbons (Fsp3) is 0.273. The Hall–Kier alpha value is -9.61. The van der Waals surface area contributed by atoms with Gasteiger partial charge in [0.05, 0.1) is 46.3 Å². The smallest absolute Gasteiger partial charge is 0.239 e. The minimum atomic E-state index is -0.407. The Kier molecular flexibility index (Phi) is 22.1. The molecule has 11 rings (SSSR count). The number of nitrogens with two attached hydrogens (primary N) is 1. The van der Waals surface area contributed by atoms with E-state index in [1.54, 1.807) is 91.8 Å². The number of anilines is 6. The van der Waals surface area contributed by atoms with E-state index in [2.05, 4.69) is 111 Å². The molecule has 2 saturated heterocycles. The average Bonchev–Trinajstić information content (AvgIpc) is 2.12. The van der Waals surface area contributed by atoms with Gasteiger partial charge in [-0.3, -0.25) is 29.4 Å². The van der Waals surface area contributed by atoms with Gasteiger partial charge in [0.2, 0.25) is 17.8 Å². The molecule has 460 valence electrons. The summed E-state index contributed by atoms with van der Waals surface area (Å²) in [4.78, 5) is 58.8. The molecule has 2 fully saturated rings. The van der Waals surface area contributed by atoms with Crippen LogP contribution in [0.15, 0.2) is 164 Å². The summed E-state index contributed by atoms with van der Waals surface area (Å²) in [5.74, 6) is 2.73. The number of hydrogen-bond acceptors (Lipinski definition) is 18. The van der Waals surface area contributed by atoms with Crippen molar-refractivity contribution in [3.8, 4) is 45.3 Å². The maximum Gasteiger partial charge on any atom is 0.239 e. The molecule has 89 heavy (non-hydrogen) atoms. The second kappa shape index (κ2) is 30.8. The second-order valence-corrected chi connectivity index (χ2v) is 22.0. The highest BCUT2D eigenvalue weighted by molar-refractivity contribution is 7.78. The van der Waals surface area contributed by atoms with E-state index in [1.165, 1.54) is 12.1 Å². The minimum absolute atomic E-state index is 0.0689. The van der Waals surface area contributed by atoms with Crippen molar-refractivity contribution in [2.45, 2.75) is 37.8 Å². The number of halogens is 2. The summed E-state index contributed by atoms with van der Waals surface area (Å²) in [5.41, 5.74) is 13.1. The van der Waals surface area contributed by atoms with Gasteiger partial charge in [0, 0.05) is 114 Å². The van der Waals surface area contributed by atoms with Crippen molar-refractivity contribution in [1.29, 1.82) is 0 Å². The normalized spacial score (nSPS) is 13.7. The molecule has 4 aromatic carbocycles.